The second-order valence-corrected chi connectivity index (χ2v) is 12.7. The summed E-state index contributed by atoms with van der Waals surface area (Å²) in [5.41, 5.74) is -0.431. The van der Waals surface area contributed by atoms with E-state index >= 15 is 0 Å². The maximum atomic E-state index is 13.7. The van der Waals surface area contributed by atoms with Crippen LogP contribution in [-0.4, -0.2) is 69.1 Å². The zero-order valence-corrected chi connectivity index (χ0v) is 20.7. The first-order valence-electron chi connectivity index (χ1n) is 11.4. The number of thioether (sulfide) groups is 1. The molecule has 1 spiro atoms. The van der Waals surface area contributed by atoms with Crippen molar-refractivity contribution in [2.75, 3.05) is 19.8 Å². The van der Waals surface area contributed by atoms with E-state index in [9.17, 15) is 19.5 Å². The summed E-state index contributed by atoms with van der Waals surface area (Å²) >= 11 is 1.62. The number of esters is 1. The predicted molar refractivity (Wildman–Crippen MR) is 120 cm³/mol. The average molecular weight is 455 g/mol. The van der Waals surface area contributed by atoms with Crippen molar-refractivity contribution in [2.24, 2.45) is 23.2 Å². The first kappa shape index (κ1) is 24.4. The van der Waals surface area contributed by atoms with Crippen molar-refractivity contribution >= 4 is 29.5 Å². The van der Waals surface area contributed by atoms with E-state index in [0.717, 1.165) is 12.8 Å². The Balaban J connectivity index is 1.98. The van der Waals surface area contributed by atoms with Gasteiger partial charge in [0.25, 0.3) is 0 Å². The highest BCUT2D eigenvalue weighted by atomic mass is 32.2. The van der Waals surface area contributed by atoms with Gasteiger partial charge in [0.1, 0.15) is 6.04 Å². The topological polar surface area (TPSA) is 95.9 Å². The fourth-order valence-corrected chi connectivity index (χ4v) is 8.86. The van der Waals surface area contributed by atoms with Crippen LogP contribution in [0.15, 0.2) is 0 Å². The van der Waals surface area contributed by atoms with E-state index in [0.29, 0.717) is 0 Å². The molecule has 0 aromatic heterocycles. The standard InChI is InChI=1S/C23H38N2O5S/c1-8-30-20(29)15-14-11-13(2)23(31-14)16(15)19(28)25(9-10-26)17(23)18(27)24-22(6,7)12-21(3,4)5/h13-17,26H,8-12H2,1-7H3,(H,24,27)/t13?,14-,15+,16+,17?,23?/m1/s1. The predicted octanol–water partition coefficient (Wildman–Crippen LogP) is 2.21. The first-order valence-corrected chi connectivity index (χ1v) is 12.2. The molecule has 3 heterocycles. The minimum absolute atomic E-state index is 0.0165. The summed E-state index contributed by atoms with van der Waals surface area (Å²) in [6, 6.07) is -0.708. The van der Waals surface area contributed by atoms with Crippen LogP contribution in [0, 0.1) is 23.2 Å². The van der Waals surface area contributed by atoms with Crippen molar-refractivity contribution < 1.29 is 24.2 Å². The molecule has 2 N–H and O–H groups in total. The molecule has 3 saturated heterocycles. The number of carbonyl (C=O) groups is 3. The Morgan fingerprint density at radius 1 is 1.29 bits per heavy atom. The van der Waals surface area contributed by atoms with Crippen LogP contribution in [-0.2, 0) is 19.1 Å². The van der Waals surface area contributed by atoms with Gasteiger partial charge in [0.05, 0.1) is 29.8 Å². The number of hydrogen-bond acceptors (Lipinski definition) is 6. The van der Waals surface area contributed by atoms with Crippen molar-refractivity contribution in [1.29, 1.82) is 0 Å². The summed E-state index contributed by atoms with van der Waals surface area (Å²) in [6.45, 7) is 14.4. The number of likely N-dealkylation sites (tertiary alicyclic amines) is 1. The van der Waals surface area contributed by atoms with Gasteiger partial charge in [-0.05, 0) is 44.9 Å². The third kappa shape index (κ3) is 4.10. The highest BCUT2D eigenvalue weighted by Crippen LogP contribution is 2.68. The summed E-state index contributed by atoms with van der Waals surface area (Å²) in [5, 5.41) is 12.8. The molecule has 6 atom stereocenters. The van der Waals surface area contributed by atoms with Crippen LogP contribution >= 0.6 is 11.8 Å². The van der Waals surface area contributed by atoms with Gasteiger partial charge in [-0.1, -0.05) is 27.7 Å². The zero-order valence-electron chi connectivity index (χ0n) is 19.9. The molecule has 3 unspecified atom stereocenters. The SMILES string of the molecule is CCOC(=O)[C@@H]1[C@H]2C(=O)N(CCO)C(C(=O)NC(C)(C)CC(C)(C)C)C23S[C@@H]1CC3C. The molecule has 3 rings (SSSR count). The minimum atomic E-state index is -0.708. The van der Waals surface area contributed by atoms with Crippen LogP contribution in [0.3, 0.4) is 0 Å². The largest absolute Gasteiger partial charge is 0.466 e. The van der Waals surface area contributed by atoms with Crippen LogP contribution in [0.5, 0.6) is 0 Å². The molecule has 3 aliphatic rings. The lowest BCUT2D eigenvalue weighted by Gasteiger charge is -2.41. The average Bonchev–Trinajstić information content (AvgIpc) is 3.17. The summed E-state index contributed by atoms with van der Waals surface area (Å²) in [5.74, 6) is -1.75. The Hall–Kier alpha value is -1.28. The second-order valence-electron chi connectivity index (χ2n) is 11.2. The molecule has 2 amide bonds. The molecule has 0 aromatic rings. The number of aliphatic hydroxyl groups is 1. The Labute approximate surface area is 190 Å². The molecule has 3 aliphatic heterocycles. The normalized spacial score (nSPS) is 34.8. The smallest absolute Gasteiger partial charge is 0.310 e. The zero-order chi connectivity index (χ0) is 23.4. The summed E-state index contributed by atoms with van der Waals surface area (Å²) in [7, 11) is 0. The lowest BCUT2D eigenvalue weighted by Crippen LogP contribution is -2.60. The van der Waals surface area contributed by atoms with Gasteiger partial charge < -0.3 is 20.1 Å². The van der Waals surface area contributed by atoms with Crippen LogP contribution < -0.4 is 5.32 Å². The van der Waals surface area contributed by atoms with Gasteiger partial charge in [-0.25, -0.2) is 0 Å². The Morgan fingerprint density at radius 3 is 2.48 bits per heavy atom. The number of carbonyl (C=O) groups excluding carboxylic acids is 3. The number of nitrogens with one attached hydrogen (secondary N) is 1. The quantitative estimate of drug-likeness (QED) is 0.573. The van der Waals surface area contributed by atoms with E-state index in [1.807, 2.05) is 13.8 Å². The number of rotatable bonds is 7. The number of β-amino-alcohol motifs (C(OH)–C–C–N with tert-alkyl or cyclic N) is 1. The number of amides is 2. The fraction of sp³-hybridized carbons (Fsp3) is 0.870. The van der Waals surface area contributed by atoms with Crippen LogP contribution in [0.4, 0.5) is 0 Å². The van der Waals surface area contributed by atoms with Crippen LogP contribution in [0.2, 0.25) is 0 Å². The molecular weight excluding hydrogens is 416 g/mol. The van der Waals surface area contributed by atoms with Gasteiger partial charge in [0.15, 0.2) is 0 Å². The Bertz CT molecular complexity index is 749. The van der Waals surface area contributed by atoms with Gasteiger partial charge >= 0.3 is 5.97 Å². The van der Waals surface area contributed by atoms with E-state index in [1.54, 1.807) is 18.7 Å². The highest BCUT2D eigenvalue weighted by Gasteiger charge is 2.76. The molecule has 0 aromatic carbocycles. The Morgan fingerprint density at radius 2 is 1.94 bits per heavy atom. The van der Waals surface area contributed by atoms with E-state index in [-0.39, 0.29) is 54.1 Å². The molecule has 3 fully saturated rings. The van der Waals surface area contributed by atoms with Crippen molar-refractivity contribution in [3.05, 3.63) is 0 Å². The molecule has 2 bridgehead atoms. The van der Waals surface area contributed by atoms with E-state index in [2.05, 4.69) is 33.0 Å². The minimum Gasteiger partial charge on any atom is -0.466 e. The van der Waals surface area contributed by atoms with Crippen LogP contribution in [0.1, 0.15) is 61.3 Å². The molecule has 0 aliphatic carbocycles. The number of fused-ring (bicyclic) bond motifs is 1. The monoisotopic (exact) mass is 454 g/mol. The van der Waals surface area contributed by atoms with Crippen molar-refractivity contribution in [3.8, 4) is 0 Å². The van der Waals surface area contributed by atoms with Gasteiger partial charge in [0, 0.05) is 17.3 Å². The van der Waals surface area contributed by atoms with E-state index in [4.69, 9.17) is 4.74 Å². The molecule has 7 nitrogen and oxygen atoms in total. The summed E-state index contributed by atoms with van der Waals surface area (Å²) in [4.78, 5) is 41.6. The van der Waals surface area contributed by atoms with Crippen molar-refractivity contribution in [2.45, 2.75) is 82.9 Å². The molecule has 176 valence electrons. The maximum absolute atomic E-state index is 13.7. The number of hydrogen-bond donors (Lipinski definition) is 2. The van der Waals surface area contributed by atoms with Gasteiger partial charge in [-0.15, -0.1) is 11.8 Å². The Kier molecular flexibility index (Phi) is 6.48. The van der Waals surface area contributed by atoms with E-state index in [1.165, 1.54) is 4.90 Å². The lowest BCUT2D eigenvalue weighted by molar-refractivity contribution is -0.154. The fourth-order valence-electron chi connectivity index (χ4n) is 6.45. The second kappa shape index (κ2) is 8.25. The van der Waals surface area contributed by atoms with Gasteiger partial charge in [0.2, 0.25) is 11.8 Å². The van der Waals surface area contributed by atoms with Crippen molar-refractivity contribution in [3.63, 3.8) is 0 Å². The molecular formula is C23H38N2O5S. The van der Waals surface area contributed by atoms with E-state index < -0.39 is 28.2 Å². The third-order valence-electron chi connectivity index (χ3n) is 6.83. The van der Waals surface area contributed by atoms with Crippen molar-refractivity contribution in [1.82, 2.24) is 10.2 Å². The highest BCUT2D eigenvalue weighted by molar-refractivity contribution is 8.02. The molecule has 0 radical (unpaired) electrons. The number of nitrogens with zero attached hydrogens (tertiary/aromatic N) is 1. The number of ether oxygens (including phenoxy) is 1. The summed E-state index contributed by atoms with van der Waals surface area (Å²) < 4.78 is 4.65. The maximum Gasteiger partial charge on any atom is 0.310 e. The number of aliphatic hydroxyl groups excluding tert-OH is 1. The first-order chi connectivity index (χ1) is 14.3. The molecule has 0 saturated carbocycles. The summed E-state index contributed by atoms with van der Waals surface area (Å²) in [6.07, 6.45) is 1.56. The van der Waals surface area contributed by atoms with Gasteiger partial charge in [-0.2, -0.15) is 0 Å². The van der Waals surface area contributed by atoms with Gasteiger partial charge in [-0.3, -0.25) is 14.4 Å². The lowest BCUT2D eigenvalue weighted by atomic mass is 9.66. The van der Waals surface area contributed by atoms with Crippen LogP contribution in [0.25, 0.3) is 0 Å². The third-order valence-corrected chi connectivity index (χ3v) is 8.90. The molecule has 8 heteroatoms. The molecule has 31 heavy (non-hydrogen) atoms.